The zero-order valence-electron chi connectivity index (χ0n) is 24.1. The van der Waals surface area contributed by atoms with Crippen LogP contribution in [-0.4, -0.2) is 102 Å². The van der Waals surface area contributed by atoms with Crippen LogP contribution in [0.3, 0.4) is 0 Å². The number of anilines is 3. The molecule has 0 unspecified atom stereocenters. The monoisotopic (exact) mass is 585 g/mol. The Bertz CT molecular complexity index is 1740. The fraction of sp³-hybridized carbons (Fsp3) is 0.143. The fourth-order valence-corrected chi connectivity index (χ4v) is 5.33. The molecule has 0 fully saturated rings. The van der Waals surface area contributed by atoms with E-state index < -0.39 is 0 Å². The third-order valence-electron chi connectivity index (χ3n) is 7.58. The maximum Gasteiger partial charge on any atom is 0.118 e. The summed E-state index contributed by atoms with van der Waals surface area (Å²) in [4.78, 5) is 1.64. The van der Waals surface area contributed by atoms with Crippen LogP contribution in [0.1, 0.15) is 26.3 Å². The highest BCUT2D eigenvalue weighted by atomic mass is 79.9. The number of benzene rings is 4. The highest BCUT2D eigenvalue weighted by molar-refractivity contribution is 9.10. The lowest BCUT2D eigenvalue weighted by Crippen LogP contribution is -2.57. The number of halogens is 1. The first-order valence-electron chi connectivity index (χ1n) is 12.9. The van der Waals surface area contributed by atoms with Gasteiger partial charge in [-0.1, -0.05) is 87.1 Å². The van der Waals surface area contributed by atoms with E-state index in [1.807, 2.05) is 24.3 Å². The minimum Gasteiger partial charge on any atom is -0.312 e. The van der Waals surface area contributed by atoms with Crippen LogP contribution in [0.25, 0.3) is 11.1 Å². The standard InChI is InChI=1S/C28H13B13BrN/c1-28(2,3)8-4-6-9(7-5-8)43(27-23(40)20(37)21(38)25(42)24(27)41)26-11(14(31)17(34)19(36)22(26)39)10-12(29)15(32)18(35)16(33)13(10)30/h4-7H,1-3H3. The Balaban J connectivity index is 2.30. The Morgan fingerprint density at radius 3 is 1.28 bits per heavy atom. The number of rotatable bonds is 4. The van der Waals surface area contributed by atoms with E-state index in [1.165, 1.54) is 0 Å². The summed E-state index contributed by atoms with van der Waals surface area (Å²) in [5.41, 5.74) is 2.42. The highest BCUT2D eigenvalue weighted by Gasteiger charge is 2.28. The van der Waals surface area contributed by atoms with Gasteiger partial charge in [0, 0.05) is 21.5 Å². The SMILES string of the molecule is [B]c1c([B])c([B])c(-c2c([B])c([B])c([B])c([B])c2N(c2ccc(C(C)(C)C)cc2)c2c([B])c([B])c([B])c(Br)c2[B])c([B])c1[B]. The second-order valence-corrected chi connectivity index (χ2v) is 12.1. The molecule has 176 valence electrons. The lowest BCUT2D eigenvalue weighted by Gasteiger charge is -2.38. The minimum absolute atomic E-state index is 0.000292. The predicted molar refractivity (Wildman–Crippen MR) is 203 cm³/mol. The average Bonchev–Trinajstić information content (AvgIpc) is 2.97. The summed E-state index contributed by atoms with van der Waals surface area (Å²) >= 11 is 3.44. The summed E-state index contributed by atoms with van der Waals surface area (Å²) in [6.07, 6.45) is 0. The van der Waals surface area contributed by atoms with Crippen molar-refractivity contribution in [1.82, 2.24) is 0 Å². The van der Waals surface area contributed by atoms with E-state index in [0.717, 1.165) is 5.56 Å². The molecule has 0 atom stereocenters. The highest BCUT2D eigenvalue weighted by Crippen LogP contribution is 2.37. The number of hydrogen-bond acceptors (Lipinski definition) is 1. The van der Waals surface area contributed by atoms with Gasteiger partial charge in [-0.15, -0.1) is 32.8 Å². The van der Waals surface area contributed by atoms with Gasteiger partial charge in [0.15, 0.2) is 0 Å². The molecule has 15 heteroatoms. The summed E-state index contributed by atoms with van der Waals surface area (Å²) in [5, 5.41) is 0. The van der Waals surface area contributed by atoms with Gasteiger partial charge in [-0.25, -0.2) is 0 Å². The third kappa shape index (κ3) is 5.55. The Kier molecular flexibility index (Phi) is 9.51. The van der Waals surface area contributed by atoms with Crippen molar-refractivity contribution in [2.45, 2.75) is 26.2 Å². The second-order valence-electron chi connectivity index (χ2n) is 11.3. The third-order valence-corrected chi connectivity index (χ3v) is 8.44. The van der Waals surface area contributed by atoms with E-state index in [2.05, 4.69) is 36.7 Å². The van der Waals surface area contributed by atoms with Crippen LogP contribution in [0.4, 0.5) is 17.1 Å². The summed E-state index contributed by atoms with van der Waals surface area (Å²) in [7, 11) is 83.7. The number of hydrogen-bond donors (Lipinski definition) is 0. The van der Waals surface area contributed by atoms with Crippen LogP contribution >= 0.6 is 15.9 Å². The van der Waals surface area contributed by atoms with Crippen molar-refractivity contribution in [3.63, 3.8) is 0 Å². The minimum atomic E-state index is -0.155. The van der Waals surface area contributed by atoms with Gasteiger partial charge in [0.05, 0.1) is 0 Å². The quantitative estimate of drug-likeness (QED) is 0.216. The molecule has 26 radical (unpaired) electrons. The number of nitrogens with zero attached hydrogens (tertiary/aromatic N) is 1. The molecule has 0 saturated carbocycles. The molecule has 1 nitrogen and oxygen atoms in total. The normalized spacial score (nSPS) is 11.5. The van der Waals surface area contributed by atoms with Crippen LogP contribution in [0, 0.1) is 0 Å². The Hall–Kier alpha value is -2.00. The molecule has 0 spiro atoms. The molecule has 0 aromatic heterocycles. The molecule has 0 aliphatic carbocycles. The van der Waals surface area contributed by atoms with Crippen LogP contribution in [0.15, 0.2) is 28.7 Å². The average molecular weight is 584 g/mol. The van der Waals surface area contributed by atoms with Crippen molar-refractivity contribution in [2.24, 2.45) is 0 Å². The molecule has 4 aromatic carbocycles. The maximum atomic E-state index is 6.76. The van der Waals surface area contributed by atoms with Crippen molar-refractivity contribution >= 4 is 206 Å². The van der Waals surface area contributed by atoms with E-state index in [1.54, 1.807) is 4.90 Å². The lowest BCUT2D eigenvalue weighted by atomic mass is 9.57. The summed E-state index contributed by atoms with van der Waals surface area (Å²) < 4.78 is 0.307. The smallest absolute Gasteiger partial charge is 0.118 e. The molecule has 0 aliphatic rings. The van der Waals surface area contributed by atoms with Crippen molar-refractivity contribution in [2.75, 3.05) is 4.90 Å². The molecule has 4 aromatic rings. The van der Waals surface area contributed by atoms with Crippen LogP contribution in [0.5, 0.6) is 0 Å². The summed E-state index contributed by atoms with van der Waals surface area (Å²) in [5.74, 6) is 0. The lowest BCUT2D eigenvalue weighted by molar-refractivity contribution is 0.590. The molecule has 4 rings (SSSR count). The van der Waals surface area contributed by atoms with E-state index in [4.69, 9.17) is 102 Å². The van der Waals surface area contributed by atoms with Crippen molar-refractivity contribution in [3.05, 3.63) is 34.3 Å². The summed E-state index contributed by atoms with van der Waals surface area (Å²) in [6.45, 7) is 6.27. The van der Waals surface area contributed by atoms with E-state index in [0.29, 0.717) is 10.2 Å². The zero-order valence-corrected chi connectivity index (χ0v) is 25.7. The van der Waals surface area contributed by atoms with Crippen LogP contribution in [0.2, 0.25) is 0 Å². The van der Waals surface area contributed by atoms with E-state index in [9.17, 15) is 0 Å². The predicted octanol–water partition coefficient (Wildman–Crippen LogP) is -6.80. The van der Waals surface area contributed by atoms with Gasteiger partial charge in [-0.05, 0) is 34.2 Å². The first-order valence-corrected chi connectivity index (χ1v) is 13.7. The molecule has 0 N–H and O–H groups in total. The van der Waals surface area contributed by atoms with Crippen molar-refractivity contribution < 1.29 is 0 Å². The van der Waals surface area contributed by atoms with Gasteiger partial charge in [0.1, 0.15) is 102 Å². The molecular weight excluding hydrogens is 571 g/mol. The first kappa shape index (κ1) is 33.9. The second kappa shape index (κ2) is 12.1. The van der Waals surface area contributed by atoms with E-state index >= 15 is 0 Å². The zero-order chi connectivity index (χ0) is 32.5. The van der Waals surface area contributed by atoms with E-state index in [-0.39, 0.29) is 98.9 Å². The molecule has 0 saturated heterocycles. The maximum absolute atomic E-state index is 6.76. The first-order chi connectivity index (χ1) is 19.8. The molecule has 0 amide bonds. The van der Waals surface area contributed by atoms with Gasteiger partial charge in [-0.2, -0.15) is 0 Å². The van der Waals surface area contributed by atoms with Crippen LogP contribution in [-0.2, 0) is 5.41 Å². The van der Waals surface area contributed by atoms with Gasteiger partial charge < -0.3 is 4.90 Å². The topological polar surface area (TPSA) is 3.24 Å². The van der Waals surface area contributed by atoms with Crippen molar-refractivity contribution in [1.29, 1.82) is 0 Å². The Morgan fingerprint density at radius 2 is 0.814 bits per heavy atom. The van der Waals surface area contributed by atoms with Gasteiger partial charge in [-0.3, -0.25) is 0 Å². The molecule has 0 heterocycles. The van der Waals surface area contributed by atoms with Crippen molar-refractivity contribution in [3.8, 4) is 11.1 Å². The molecule has 0 aliphatic heterocycles. The Morgan fingerprint density at radius 1 is 0.442 bits per heavy atom. The fourth-order valence-electron chi connectivity index (χ4n) is 4.93. The van der Waals surface area contributed by atoms with Gasteiger partial charge in [0.2, 0.25) is 0 Å². The van der Waals surface area contributed by atoms with Gasteiger partial charge in [0.25, 0.3) is 0 Å². The molecule has 43 heavy (non-hydrogen) atoms. The Labute approximate surface area is 281 Å². The van der Waals surface area contributed by atoms with Gasteiger partial charge >= 0.3 is 0 Å². The van der Waals surface area contributed by atoms with Crippen LogP contribution < -0.4 is 75.9 Å². The summed E-state index contributed by atoms with van der Waals surface area (Å²) in [6, 6.07) is 7.60. The molecular formula is C28H13B13BrN. The molecule has 0 bridgehead atoms. The largest absolute Gasteiger partial charge is 0.312 e.